The fraction of sp³-hybridized carbons (Fsp3) is 0.190. The summed E-state index contributed by atoms with van der Waals surface area (Å²) >= 11 is 1.31. The number of thiazole rings is 1. The van der Waals surface area contributed by atoms with Gasteiger partial charge in [-0.05, 0) is 29.8 Å². The molecular formula is C21H22N4O2S. The molecule has 0 aliphatic carbocycles. The molecule has 0 aliphatic heterocycles. The van der Waals surface area contributed by atoms with Crippen LogP contribution in [0.25, 0.3) is 0 Å². The van der Waals surface area contributed by atoms with Gasteiger partial charge in [-0.3, -0.25) is 9.59 Å². The van der Waals surface area contributed by atoms with Crippen LogP contribution in [0.3, 0.4) is 0 Å². The van der Waals surface area contributed by atoms with Crippen LogP contribution in [0.15, 0.2) is 60.0 Å². The maximum Gasteiger partial charge on any atom is 0.230 e. The van der Waals surface area contributed by atoms with Crippen molar-refractivity contribution in [2.75, 3.05) is 29.6 Å². The van der Waals surface area contributed by atoms with Gasteiger partial charge in [0.15, 0.2) is 5.13 Å². The van der Waals surface area contributed by atoms with Crippen molar-refractivity contribution in [1.82, 2.24) is 4.98 Å². The Morgan fingerprint density at radius 2 is 1.61 bits per heavy atom. The van der Waals surface area contributed by atoms with E-state index in [1.54, 1.807) is 5.38 Å². The number of amides is 2. The van der Waals surface area contributed by atoms with Crippen LogP contribution >= 0.6 is 11.3 Å². The molecule has 0 fully saturated rings. The third-order valence-electron chi connectivity index (χ3n) is 4.01. The van der Waals surface area contributed by atoms with E-state index in [0.717, 1.165) is 16.9 Å². The summed E-state index contributed by atoms with van der Waals surface area (Å²) in [6.45, 7) is 0. The van der Waals surface area contributed by atoms with E-state index in [1.807, 2.05) is 73.6 Å². The quantitative estimate of drug-likeness (QED) is 0.642. The van der Waals surface area contributed by atoms with Gasteiger partial charge in [0.25, 0.3) is 0 Å². The zero-order chi connectivity index (χ0) is 19.9. The summed E-state index contributed by atoms with van der Waals surface area (Å²) in [5, 5.41) is 7.93. The Balaban J connectivity index is 1.50. The van der Waals surface area contributed by atoms with Crippen molar-refractivity contribution in [2.24, 2.45) is 0 Å². The van der Waals surface area contributed by atoms with Crippen LogP contribution in [0.5, 0.6) is 0 Å². The average molecular weight is 395 g/mol. The number of benzene rings is 2. The molecule has 0 spiro atoms. The van der Waals surface area contributed by atoms with Gasteiger partial charge >= 0.3 is 0 Å². The summed E-state index contributed by atoms with van der Waals surface area (Å²) < 4.78 is 0. The number of aromatic nitrogens is 1. The lowest BCUT2D eigenvalue weighted by atomic mass is 10.1. The second-order valence-electron chi connectivity index (χ2n) is 6.52. The molecular weight excluding hydrogens is 372 g/mol. The van der Waals surface area contributed by atoms with E-state index < -0.39 is 0 Å². The summed E-state index contributed by atoms with van der Waals surface area (Å²) in [4.78, 5) is 30.7. The van der Waals surface area contributed by atoms with Gasteiger partial charge in [0, 0.05) is 30.9 Å². The van der Waals surface area contributed by atoms with E-state index in [1.165, 1.54) is 11.3 Å². The first-order valence-electron chi connectivity index (χ1n) is 8.85. The Labute approximate surface area is 168 Å². The topological polar surface area (TPSA) is 74.3 Å². The Bertz CT molecular complexity index is 937. The van der Waals surface area contributed by atoms with Gasteiger partial charge in [-0.1, -0.05) is 30.3 Å². The number of carbonyl (C=O) groups is 2. The van der Waals surface area contributed by atoms with Crippen LogP contribution in [0.4, 0.5) is 16.5 Å². The first kappa shape index (κ1) is 19.6. The van der Waals surface area contributed by atoms with Gasteiger partial charge in [0.2, 0.25) is 11.8 Å². The highest BCUT2D eigenvalue weighted by atomic mass is 32.1. The van der Waals surface area contributed by atoms with Crippen LogP contribution in [-0.2, 0) is 22.4 Å². The standard InChI is InChI=1S/C21H22N4O2S/c1-25(2)18-10-8-16(9-11-18)22-20(27)13-17-14-28-21(23-17)24-19(26)12-15-6-4-3-5-7-15/h3-11,14H,12-13H2,1-2H3,(H,22,27)(H,23,24,26). The molecule has 2 amide bonds. The highest BCUT2D eigenvalue weighted by Crippen LogP contribution is 2.18. The molecule has 28 heavy (non-hydrogen) atoms. The molecule has 0 unspecified atom stereocenters. The molecule has 3 rings (SSSR count). The zero-order valence-corrected chi connectivity index (χ0v) is 16.6. The molecule has 6 nitrogen and oxygen atoms in total. The molecule has 0 saturated heterocycles. The van der Waals surface area contributed by atoms with Crippen molar-refractivity contribution < 1.29 is 9.59 Å². The van der Waals surface area contributed by atoms with Crippen LogP contribution in [0.1, 0.15) is 11.3 Å². The largest absolute Gasteiger partial charge is 0.378 e. The van der Waals surface area contributed by atoms with Gasteiger partial charge < -0.3 is 15.5 Å². The number of carbonyl (C=O) groups excluding carboxylic acids is 2. The minimum atomic E-state index is -0.148. The highest BCUT2D eigenvalue weighted by Gasteiger charge is 2.11. The molecule has 2 N–H and O–H groups in total. The average Bonchev–Trinajstić information content (AvgIpc) is 3.09. The summed E-state index contributed by atoms with van der Waals surface area (Å²) in [5.41, 5.74) is 3.37. The minimum Gasteiger partial charge on any atom is -0.378 e. The SMILES string of the molecule is CN(C)c1ccc(NC(=O)Cc2csc(NC(=O)Cc3ccccc3)n2)cc1. The van der Waals surface area contributed by atoms with E-state index in [0.29, 0.717) is 17.2 Å². The minimum absolute atomic E-state index is 0.127. The molecule has 0 saturated carbocycles. The Hall–Kier alpha value is -3.19. The van der Waals surface area contributed by atoms with Gasteiger partial charge in [-0.2, -0.15) is 0 Å². The third kappa shape index (κ3) is 5.65. The van der Waals surface area contributed by atoms with Crippen molar-refractivity contribution >= 4 is 39.7 Å². The van der Waals surface area contributed by atoms with Crippen molar-refractivity contribution in [3.8, 4) is 0 Å². The maximum atomic E-state index is 12.2. The predicted octanol–water partition coefficient (Wildman–Crippen LogP) is 3.57. The second kappa shape index (κ2) is 9.14. The summed E-state index contributed by atoms with van der Waals surface area (Å²) in [5.74, 6) is -0.275. The Morgan fingerprint density at radius 1 is 0.929 bits per heavy atom. The van der Waals surface area contributed by atoms with Gasteiger partial charge in [0.1, 0.15) is 0 Å². The number of rotatable bonds is 7. The fourth-order valence-corrected chi connectivity index (χ4v) is 3.33. The summed E-state index contributed by atoms with van der Waals surface area (Å²) in [7, 11) is 3.93. The third-order valence-corrected chi connectivity index (χ3v) is 4.82. The highest BCUT2D eigenvalue weighted by molar-refractivity contribution is 7.13. The lowest BCUT2D eigenvalue weighted by Gasteiger charge is -2.12. The van der Waals surface area contributed by atoms with E-state index in [4.69, 9.17) is 0 Å². The van der Waals surface area contributed by atoms with E-state index in [2.05, 4.69) is 15.6 Å². The van der Waals surface area contributed by atoms with Crippen molar-refractivity contribution in [3.05, 3.63) is 71.2 Å². The molecule has 3 aromatic rings. The normalized spacial score (nSPS) is 10.4. The molecule has 0 aliphatic rings. The van der Waals surface area contributed by atoms with Gasteiger partial charge in [-0.25, -0.2) is 4.98 Å². The molecule has 2 aromatic carbocycles. The van der Waals surface area contributed by atoms with Crippen molar-refractivity contribution in [3.63, 3.8) is 0 Å². The van der Waals surface area contributed by atoms with E-state index in [9.17, 15) is 9.59 Å². The summed E-state index contributed by atoms with van der Waals surface area (Å²) in [6.07, 6.45) is 0.444. The zero-order valence-electron chi connectivity index (χ0n) is 15.8. The molecule has 1 heterocycles. The number of nitrogens with one attached hydrogen (secondary N) is 2. The monoisotopic (exact) mass is 394 g/mol. The van der Waals surface area contributed by atoms with Gasteiger partial charge in [-0.15, -0.1) is 11.3 Å². The molecule has 0 radical (unpaired) electrons. The first-order valence-corrected chi connectivity index (χ1v) is 9.73. The molecule has 0 bridgehead atoms. The second-order valence-corrected chi connectivity index (χ2v) is 7.38. The Morgan fingerprint density at radius 3 is 2.29 bits per heavy atom. The van der Waals surface area contributed by atoms with E-state index in [-0.39, 0.29) is 18.2 Å². The predicted molar refractivity (Wildman–Crippen MR) is 114 cm³/mol. The fourth-order valence-electron chi connectivity index (χ4n) is 2.60. The number of anilines is 3. The van der Waals surface area contributed by atoms with Crippen LogP contribution in [0.2, 0.25) is 0 Å². The lowest BCUT2D eigenvalue weighted by Crippen LogP contribution is -2.16. The molecule has 1 aromatic heterocycles. The van der Waals surface area contributed by atoms with Crippen LogP contribution in [-0.4, -0.2) is 30.9 Å². The maximum absolute atomic E-state index is 12.2. The summed E-state index contributed by atoms with van der Waals surface area (Å²) in [6, 6.07) is 17.1. The number of hydrogen-bond donors (Lipinski definition) is 2. The molecule has 0 atom stereocenters. The van der Waals surface area contributed by atoms with Crippen molar-refractivity contribution in [1.29, 1.82) is 0 Å². The lowest BCUT2D eigenvalue weighted by molar-refractivity contribution is -0.116. The Kier molecular flexibility index (Phi) is 6.39. The number of nitrogens with zero attached hydrogens (tertiary/aromatic N) is 2. The van der Waals surface area contributed by atoms with Crippen LogP contribution in [0, 0.1) is 0 Å². The first-order chi connectivity index (χ1) is 13.5. The van der Waals surface area contributed by atoms with Crippen LogP contribution < -0.4 is 15.5 Å². The van der Waals surface area contributed by atoms with Gasteiger partial charge in [0.05, 0.1) is 18.5 Å². The smallest absolute Gasteiger partial charge is 0.230 e. The number of hydrogen-bond acceptors (Lipinski definition) is 5. The molecule has 7 heteroatoms. The van der Waals surface area contributed by atoms with E-state index >= 15 is 0 Å². The molecule has 144 valence electrons. The van der Waals surface area contributed by atoms with Crippen molar-refractivity contribution in [2.45, 2.75) is 12.8 Å².